The van der Waals surface area contributed by atoms with Crippen molar-refractivity contribution in [3.05, 3.63) is 28.8 Å². The second-order valence-corrected chi connectivity index (χ2v) is 5.24. The minimum Gasteiger partial charge on any atom is -0.496 e. The Kier molecular flexibility index (Phi) is 4.61. The van der Waals surface area contributed by atoms with Crippen molar-refractivity contribution < 1.29 is 4.74 Å². The second-order valence-electron chi connectivity index (χ2n) is 5.24. The number of nitrogens with one attached hydrogen (secondary N) is 2. The summed E-state index contributed by atoms with van der Waals surface area (Å²) in [6.45, 7) is 8.76. The third-order valence-corrected chi connectivity index (χ3v) is 3.65. The average molecular weight is 248 g/mol. The normalized spacial score (nSPS) is 15.5. The van der Waals surface area contributed by atoms with Crippen LogP contribution in [0.25, 0.3) is 0 Å². The first kappa shape index (κ1) is 13.4. The molecule has 0 unspecified atom stereocenters. The highest BCUT2D eigenvalue weighted by atomic mass is 16.5. The summed E-state index contributed by atoms with van der Waals surface area (Å²) in [6.07, 6.45) is 1.04. The Hall–Kier alpha value is -1.06. The first-order valence-electron chi connectivity index (χ1n) is 6.76. The minimum atomic E-state index is 0.825. The van der Waals surface area contributed by atoms with E-state index in [0.29, 0.717) is 0 Å². The molecule has 100 valence electrons. The summed E-state index contributed by atoms with van der Waals surface area (Å²) < 4.78 is 5.48. The van der Waals surface area contributed by atoms with Crippen molar-refractivity contribution in [1.82, 2.24) is 10.6 Å². The minimum absolute atomic E-state index is 0.825. The van der Waals surface area contributed by atoms with Gasteiger partial charge >= 0.3 is 0 Å². The van der Waals surface area contributed by atoms with Crippen molar-refractivity contribution in [3.63, 3.8) is 0 Å². The van der Waals surface area contributed by atoms with E-state index in [4.69, 9.17) is 4.74 Å². The lowest BCUT2D eigenvalue weighted by molar-refractivity contribution is 0.332. The summed E-state index contributed by atoms with van der Waals surface area (Å²) in [5.74, 6) is 1.85. The van der Waals surface area contributed by atoms with Crippen LogP contribution in [0.3, 0.4) is 0 Å². The molecule has 2 rings (SSSR count). The highest BCUT2D eigenvalue weighted by molar-refractivity contribution is 5.43. The van der Waals surface area contributed by atoms with Crippen LogP contribution in [-0.2, 0) is 6.42 Å². The van der Waals surface area contributed by atoms with E-state index >= 15 is 0 Å². The van der Waals surface area contributed by atoms with Gasteiger partial charge in [0.1, 0.15) is 5.75 Å². The molecule has 1 fully saturated rings. The van der Waals surface area contributed by atoms with E-state index in [2.05, 4.69) is 36.6 Å². The summed E-state index contributed by atoms with van der Waals surface area (Å²) in [5, 5.41) is 6.83. The molecule has 18 heavy (non-hydrogen) atoms. The second kappa shape index (κ2) is 6.21. The molecule has 0 bridgehead atoms. The van der Waals surface area contributed by atoms with E-state index in [1.807, 2.05) is 0 Å². The van der Waals surface area contributed by atoms with Gasteiger partial charge in [0.15, 0.2) is 0 Å². The van der Waals surface area contributed by atoms with Crippen molar-refractivity contribution in [2.75, 3.05) is 33.3 Å². The van der Waals surface area contributed by atoms with Gasteiger partial charge in [0.25, 0.3) is 0 Å². The third kappa shape index (κ3) is 3.24. The zero-order chi connectivity index (χ0) is 13.0. The predicted molar refractivity (Wildman–Crippen MR) is 75.4 cm³/mol. The predicted octanol–water partition coefficient (Wildman–Crippen LogP) is 1.66. The highest BCUT2D eigenvalue weighted by Crippen LogP contribution is 2.24. The number of methoxy groups -OCH3 is 1. The zero-order valence-electron chi connectivity index (χ0n) is 11.7. The van der Waals surface area contributed by atoms with Crippen LogP contribution in [0.1, 0.15) is 16.7 Å². The van der Waals surface area contributed by atoms with Crippen LogP contribution in [0.15, 0.2) is 12.1 Å². The highest BCUT2D eigenvalue weighted by Gasteiger charge is 2.15. The third-order valence-electron chi connectivity index (χ3n) is 3.65. The van der Waals surface area contributed by atoms with Gasteiger partial charge < -0.3 is 15.4 Å². The molecule has 1 aromatic rings. The number of rotatable bonds is 6. The fourth-order valence-corrected chi connectivity index (χ4v) is 2.47. The average Bonchev–Trinajstić information content (AvgIpc) is 2.28. The summed E-state index contributed by atoms with van der Waals surface area (Å²) >= 11 is 0. The molecular weight excluding hydrogens is 224 g/mol. The molecule has 3 nitrogen and oxygen atoms in total. The van der Waals surface area contributed by atoms with Gasteiger partial charge in [-0.1, -0.05) is 6.07 Å². The Morgan fingerprint density at radius 3 is 2.72 bits per heavy atom. The lowest BCUT2D eigenvalue weighted by Crippen LogP contribution is -2.47. The monoisotopic (exact) mass is 248 g/mol. The lowest BCUT2D eigenvalue weighted by Gasteiger charge is -2.27. The Morgan fingerprint density at radius 1 is 1.33 bits per heavy atom. The largest absolute Gasteiger partial charge is 0.496 e. The van der Waals surface area contributed by atoms with Gasteiger partial charge in [-0.15, -0.1) is 0 Å². The number of hydrogen-bond acceptors (Lipinski definition) is 3. The fraction of sp³-hybridized carbons (Fsp3) is 0.600. The molecule has 2 N–H and O–H groups in total. The SMILES string of the molecule is COc1cc(C)cc(C)c1CCNCC1CNC1. The first-order chi connectivity index (χ1) is 8.70. The molecule has 0 spiro atoms. The zero-order valence-corrected chi connectivity index (χ0v) is 11.7. The molecule has 0 aliphatic carbocycles. The van der Waals surface area contributed by atoms with Crippen molar-refractivity contribution in [2.24, 2.45) is 5.92 Å². The smallest absolute Gasteiger partial charge is 0.122 e. The topological polar surface area (TPSA) is 33.3 Å². The maximum atomic E-state index is 5.48. The number of aryl methyl sites for hydroxylation is 2. The summed E-state index contributed by atoms with van der Waals surface area (Å²) in [4.78, 5) is 0. The summed E-state index contributed by atoms with van der Waals surface area (Å²) in [6, 6.07) is 4.35. The quantitative estimate of drug-likeness (QED) is 0.751. The number of hydrogen-bond donors (Lipinski definition) is 2. The molecule has 0 aromatic heterocycles. The van der Waals surface area contributed by atoms with E-state index in [9.17, 15) is 0 Å². The molecule has 0 atom stereocenters. The van der Waals surface area contributed by atoms with Gasteiger partial charge in [-0.3, -0.25) is 0 Å². The van der Waals surface area contributed by atoms with Crippen LogP contribution < -0.4 is 15.4 Å². The van der Waals surface area contributed by atoms with E-state index < -0.39 is 0 Å². The Labute approximate surface area is 110 Å². The van der Waals surface area contributed by atoms with Crippen molar-refractivity contribution in [1.29, 1.82) is 0 Å². The van der Waals surface area contributed by atoms with E-state index in [1.54, 1.807) is 7.11 Å². The van der Waals surface area contributed by atoms with Gasteiger partial charge in [0, 0.05) is 19.6 Å². The lowest BCUT2D eigenvalue weighted by atomic mass is 10.0. The summed E-state index contributed by atoms with van der Waals surface area (Å²) in [5.41, 5.74) is 3.93. The van der Waals surface area contributed by atoms with E-state index in [0.717, 1.165) is 31.2 Å². The van der Waals surface area contributed by atoms with Crippen molar-refractivity contribution >= 4 is 0 Å². The van der Waals surface area contributed by atoms with Gasteiger partial charge in [-0.05, 0) is 55.5 Å². The van der Waals surface area contributed by atoms with Crippen LogP contribution >= 0.6 is 0 Å². The van der Waals surface area contributed by atoms with Gasteiger partial charge in [0.05, 0.1) is 7.11 Å². The van der Waals surface area contributed by atoms with Gasteiger partial charge in [-0.25, -0.2) is 0 Å². The Bertz CT molecular complexity index is 400. The van der Waals surface area contributed by atoms with Crippen LogP contribution in [0.5, 0.6) is 5.75 Å². The van der Waals surface area contributed by atoms with Crippen LogP contribution in [-0.4, -0.2) is 33.3 Å². The molecule has 1 saturated heterocycles. The molecule has 1 aliphatic heterocycles. The molecule has 0 saturated carbocycles. The van der Waals surface area contributed by atoms with Crippen LogP contribution in [0.4, 0.5) is 0 Å². The number of ether oxygens (including phenoxy) is 1. The van der Waals surface area contributed by atoms with E-state index in [-0.39, 0.29) is 0 Å². The van der Waals surface area contributed by atoms with Gasteiger partial charge in [0.2, 0.25) is 0 Å². The van der Waals surface area contributed by atoms with Gasteiger partial charge in [-0.2, -0.15) is 0 Å². The number of benzene rings is 1. The molecule has 0 amide bonds. The summed E-state index contributed by atoms with van der Waals surface area (Å²) in [7, 11) is 1.76. The molecule has 1 aliphatic rings. The molecule has 1 heterocycles. The van der Waals surface area contributed by atoms with Crippen LogP contribution in [0, 0.1) is 19.8 Å². The standard InChI is InChI=1S/C15H24N2O/c1-11-6-12(2)14(15(7-11)18-3)4-5-16-8-13-9-17-10-13/h6-7,13,16-17H,4-5,8-10H2,1-3H3. The Morgan fingerprint density at radius 2 is 2.11 bits per heavy atom. The van der Waals surface area contributed by atoms with Crippen molar-refractivity contribution in [2.45, 2.75) is 20.3 Å². The molecule has 0 radical (unpaired) electrons. The molecular formula is C15H24N2O. The maximum Gasteiger partial charge on any atom is 0.122 e. The van der Waals surface area contributed by atoms with E-state index in [1.165, 1.54) is 29.8 Å². The maximum absolute atomic E-state index is 5.48. The van der Waals surface area contributed by atoms with Crippen molar-refractivity contribution in [3.8, 4) is 5.75 Å². The molecule has 1 aromatic carbocycles. The molecule has 3 heteroatoms. The fourth-order valence-electron chi connectivity index (χ4n) is 2.47. The van der Waals surface area contributed by atoms with Crippen LogP contribution in [0.2, 0.25) is 0 Å². The Balaban J connectivity index is 1.87. The first-order valence-corrected chi connectivity index (χ1v) is 6.76.